The van der Waals surface area contributed by atoms with E-state index in [1.165, 1.54) is 35.7 Å². The van der Waals surface area contributed by atoms with Gasteiger partial charge in [0.05, 0.1) is 11.4 Å². The maximum atomic E-state index is 13.1. The highest BCUT2D eigenvalue weighted by atomic mass is 35.5. The van der Waals surface area contributed by atoms with Crippen LogP contribution in [0.1, 0.15) is 38.5 Å². The molecule has 0 aromatic heterocycles. The van der Waals surface area contributed by atoms with Gasteiger partial charge in [-0.05, 0) is 80.5 Å². The van der Waals surface area contributed by atoms with Crippen LogP contribution in [0.25, 0.3) is 0 Å². The van der Waals surface area contributed by atoms with E-state index in [-0.39, 0.29) is 41.8 Å². The molecule has 1 aromatic rings. The van der Waals surface area contributed by atoms with Crippen molar-refractivity contribution in [1.29, 1.82) is 0 Å². The van der Waals surface area contributed by atoms with Crippen molar-refractivity contribution in [1.82, 2.24) is 14.5 Å². The van der Waals surface area contributed by atoms with Crippen molar-refractivity contribution in [3.63, 3.8) is 0 Å². The Balaban J connectivity index is 1.13. The van der Waals surface area contributed by atoms with Gasteiger partial charge >= 0.3 is 0 Å². The second kappa shape index (κ2) is 8.29. The quantitative estimate of drug-likeness (QED) is 0.703. The first kappa shape index (κ1) is 22.2. The Labute approximate surface area is 194 Å². The zero-order chi connectivity index (χ0) is 22.5. The molecule has 1 saturated heterocycles. The van der Waals surface area contributed by atoms with E-state index in [2.05, 4.69) is 5.32 Å². The van der Waals surface area contributed by atoms with Gasteiger partial charge in [-0.3, -0.25) is 9.59 Å². The van der Waals surface area contributed by atoms with Crippen molar-refractivity contribution in [2.75, 3.05) is 32.7 Å². The number of hydrogen-bond donors (Lipinski definition) is 1. The topological polar surface area (TPSA) is 86.8 Å². The molecule has 1 heterocycles. The van der Waals surface area contributed by atoms with Gasteiger partial charge in [0.25, 0.3) is 0 Å². The number of nitrogens with one attached hydrogen (secondary N) is 1. The lowest BCUT2D eigenvalue weighted by Crippen LogP contribution is -2.56. The molecule has 4 saturated carbocycles. The summed E-state index contributed by atoms with van der Waals surface area (Å²) in [6.45, 7) is 1.10. The number of rotatable bonds is 5. The summed E-state index contributed by atoms with van der Waals surface area (Å²) in [4.78, 5) is 27.6. The van der Waals surface area contributed by atoms with Crippen LogP contribution in [-0.2, 0) is 19.6 Å². The van der Waals surface area contributed by atoms with Crippen molar-refractivity contribution in [2.24, 2.45) is 23.2 Å². The first-order valence-corrected chi connectivity index (χ1v) is 13.4. The van der Waals surface area contributed by atoms with Crippen LogP contribution in [0.4, 0.5) is 0 Å². The Morgan fingerprint density at radius 1 is 0.938 bits per heavy atom. The third kappa shape index (κ3) is 4.05. The highest BCUT2D eigenvalue weighted by molar-refractivity contribution is 7.89. The number of halogens is 1. The lowest BCUT2D eigenvalue weighted by molar-refractivity contribution is -0.148. The summed E-state index contributed by atoms with van der Waals surface area (Å²) < 4.78 is 27.0. The molecule has 4 aliphatic carbocycles. The molecule has 4 bridgehead atoms. The standard InChI is InChI=1S/C23H30ClN3O4S/c24-19-1-3-20(4-2-19)32(30,31)27-7-5-26(6-8-27)21(28)15-25-22(29)23-12-16-9-17(13-23)11-18(10-16)14-23/h1-4,16-18H,5-15H2,(H,25,29). The van der Waals surface area contributed by atoms with E-state index in [9.17, 15) is 18.0 Å². The van der Waals surface area contributed by atoms with Gasteiger partial charge in [0.2, 0.25) is 21.8 Å². The number of carbonyl (C=O) groups is 2. The van der Waals surface area contributed by atoms with Gasteiger partial charge in [-0.2, -0.15) is 4.31 Å². The minimum atomic E-state index is -3.61. The zero-order valence-corrected chi connectivity index (χ0v) is 19.7. The molecule has 174 valence electrons. The molecule has 0 unspecified atom stereocenters. The van der Waals surface area contributed by atoms with Crippen LogP contribution in [0.3, 0.4) is 0 Å². The summed E-state index contributed by atoms with van der Waals surface area (Å²) in [5.41, 5.74) is -0.264. The highest BCUT2D eigenvalue weighted by Gasteiger charge is 2.54. The molecular weight excluding hydrogens is 450 g/mol. The van der Waals surface area contributed by atoms with E-state index >= 15 is 0 Å². The molecule has 5 aliphatic rings. The Hall–Kier alpha value is -1.64. The molecule has 0 radical (unpaired) electrons. The normalized spacial score (nSPS) is 32.2. The van der Waals surface area contributed by atoms with E-state index in [0.29, 0.717) is 35.9 Å². The van der Waals surface area contributed by atoms with E-state index in [1.807, 2.05) is 0 Å². The van der Waals surface area contributed by atoms with Crippen molar-refractivity contribution in [3.8, 4) is 0 Å². The first-order chi connectivity index (χ1) is 15.2. The van der Waals surface area contributed by atoms with Gasteiger partial charge in [0.1, 0.15) is 0 Å². The Bertz CT molecular complexity index is 967. The van der Waals surface area contributed by atoms with Crippen molar-refractivity contribution < 1.29 is 18.0 Å². The second-order valence-electron chi connectivity index (χ2n) is 10.1. The predicted octanol–water partition coefficient (Wildman–Crippen LogP) is 2.51. The minimum Gasteiger partial charge on any atom is -0.347 e. The maximum Gasteiger partial charge on any atom is 0.243 e. The highest BCUT2D eigenvalue weighted by Crippen LogP contribution is 2.60. The number of carbonyl (C=O) groups excluding carboxylic acids is 2. The van der Waals surface area contributed by atoms with E-state index < -0.39 is 10.0 Å². The fourth-order valence-corrected chi connectivity index (χ4v) is 8.33. The SMILES string of the molecule is O=C(CNC(=O)C12CC3CC(CC(C3)C1)C2)N1CCN(S(=O)(=O)c2ccc(Cl)cc2)CC1. The van der Waals surface area contributed by atoms with Crippen LogP contribution < -0.4 is 5.32 Å². The van der Waals surface area contributed by atoms with Gasteiger partial charge in [-0.25, -0.2) is 8.42 Å². The minimum absolute atomic E-state index is 0.00941. The number of amides is 2. The molecule has 6 rings (SSSR count). The second-order valence-corrected chi connectivity index (χ2v) is 12.5. The molecule has 7 nitrogen and oxygen atoms in total. The first-order valence-electron chi connectivity index (χ1n) is 11.6. The Kier molecular flexibility index (Phi) is 5.75. The summed E-state index contributed by atoms with van der Waals surface area (Å²) in [5, 5.41) is 3.42. The fourth-order valence-electron chi connectivity index (χ4n) is 6.78. The molecule has 1 aromatic carbocycles. The molecule has 1 N–H and O–H groups in total. The van der Waals surface area contributed by atoms with Crippen LogP contribution in [0, 0.1) is 23.2 Å². The number of hydrogen-bond acceptors (Lipinski definition) is 4. The number of benzene rings is 1. The number of piperazine rings is 1. The van der Waals surface area contributed by atoms with Gasteiger partial charge in [0, 0.05) is 36.6 Å². The smallest absolute Gasteiger partial charge is 0.243 e. The molecule has 2 amide bonds. The van der Waals surface area contributed by atoms with Gasteiger partial charge < -0.3 is 10.2 Å². The number of sulfonamides is 1. The molecule has 0 spiro atoms. The van der Waals surface area contributed by atoms with Gasteiger partial charge in [0.15, 0.2) is 0 Å². The Morgan fingerprint density at radius 2 is 1.47 bits per heavy atom. The third-order valence-electron chi connectivity index (χ3n) is 7.96. The van der Waals surface area contributed by atoms with Crippen LogP contribution in [-0.4, -0.2) is 62.2 Å². The average molecular weight is 480 g/mol. The predicted molar refractivity (Wildman–Crippen MR) is 120 cm³/mol. The molecule has 1 aliphatic heterocycles. The monoisotopic (exact) mass is 479 g/mol. The summed E-state index contributed by atoms with van der Waals surface area (Å²) in [6.07, 6.45) is 6.73. The van der Waals surface area contributed by atoms with Crippen LogP contribution in [0.5, 0.6) is 0 Å². The fraction of sp³-hybridized carbons (Fsp3) is 0.652. The third-order valence-corrected chi connectivity index (χ3v) is 10.1. The van der Waals surface area contributed by atoms with Gasteiger partial charge in [-0.15, -0.1) is 0 Å². The molecule has 5 fully saturated rings. The lowest BCUT2D eigenvalue weighted by Gasteiger charge is -2.55. The summed E-state index contributed by atoms with van der Waals surface area (Å²) in [7, 11) is -3.61. The molecule has 9 heteroatoms. The Morgan fingerprint density at radius 3 is 2.00 bits per heavy atom. The van der Waals surface area contributed by atoms with Crippen molar-refractivity contribution >= 4 is 33.4 Å². The lowest BCUT2D eigenvalue weighted by atomic mass is 9.49. The summed E-state index contributed by atoms with van der Waals surface area (Å²) in [6, 6.07) is 6.10. The average Bonchev–Trinajstić information content (AvgIpc) is 2.76. The van der Waals surface area contributed by atoms with E-state index in [1.54, 1.807) is 17.0 Å². The maximum absolute atomic E-state index is 13.1. The van der Waals surface area contributed by atoms with Crippen LogP contribution >= 0.6 is 11.6 Å². The summed E-state index contributed by atoms with van der Waals surface area (Å²) >= 11 is 5.86. The largest absolute Gasteiger partial charge is 0.347 e. The van der Waals surface area contributed by atoms with E-state index in [0.717, 1.165) is 19.3 Å². The van der Waals surface area contributed by atoms with Crippen molar-refractivity contribution in [3.05, 3.63) is 29.3 Å². The van der Waals surface area contributed by atoms with Crippen molar-refractivity contribution in [2.45, 2.75) is 43.4 Å². The molecule has 32 heavy (non-hydrogen) atoms. The molecular formula is C23H30ClN3O4S. The van der Waals surface area contributed by atoms with E-state index in [4.69, 9.17) is 11.6 Å². The summed E-state index contributed by atoms with van der Waals surface area (Å²) in [5.74, 6) is 1.94. The van der Waals surface area contributed by atoms with Crippen LogP contribution in [0.15, 0.2) is 29.2 Å². The van der Waals surface area contributed by atoms with Gasteiger partial charge in [-0.1, -0.05) is 11.6 Å². The van der Waals surface area contributed by atoms with Crippen LogP contribution in [0.2, 0.25) is 5.02 Å². The molecule has 0 atom stereocenters. The number of nitrogens with zero attached hydrogens (tertiary/aromatic N) is 2. The zero-order valence-electron chi connectivity index (χ0n) is 18.1.